The fourth-order valence-corrected chi connectivity index (χ4v) is 1.79. The van der Waals surface area contributed by atoms with Gasteiger partial charge in [-0.15, -0.1) is 0 Å². The maximum atomic E-state index is 10.8. The van der Waals surface area contributed by atoms with Crippen molar-refractivity contribution < 1.29 is 29.3 Å². The summed E-state index contributed by atoms with van der Waals surface area (Å²) in [6.45, 7) is 0. The molecule has 0 aromatic rings. The fraction of sp³-hybridized carbons (Fsp3) is 0.750. The van der Waals surface area contributed by atoms with Gasteiger partial charge in [-0.05, 0) is 0 Å². The fourth-order valence-electron chi connectivity index (χ4n) is 1.79. The zero-order valence-corrected chi connectivity index (χ0v) is 7.89. The van der Waals surface area contributed by atoms with Crippen molar-refractivity contribution in [2.45, 2.75) is 12.2 Å². The highest BCUT2D eigenvalue weighted by Crippen LogP contribution is 2.47. The molecule has 80 valence electrons. The Morgan fingerprint density at radius 2 is 1.71 bits per heavy atom. The van der Waals surface area contributed by atoms with Crippen LogP contribution in [0.4, 0.5) is 0 Å². The Bertz CT molecular complexity index is 257. The van der Waals surface area contributed by atoms with Crippen molar-refractivity contribution in [3.05, 3.63) is 0 Å². The lowest BCUT2D eigenvalue weighted by Crippen LogP contribution is -2.62. The number of ether oxygens (including phenoxy) is 2. The number of methoxy groups -OCH3 is 2. The summed E-state index contributed by atoms with van der Waals surface area (Å²) in [6, 6.07) is 0. The van der Waals surface area contributed by atoms with E-state index in [9.17, 15) is 9.59 Å². The third-order valence-electron chi connectivity index (χ3n) is 2.65. The molecule has 0 spiro atoms. The number of rotatable bonds is 4. The predicted molar refractivity (Wildman–Crippen MR) is 43.6 cm³/mol. The Balaban J connectivity index is 2.86. The van der Waals surface area contributed by atoms with Gasteiger partial charge in [0.15, 0.2) is 5.79 Å². The maximum Gasteiger partial charge on any atom is 0.312 e. The third-order valence-corrected chi connectivity index (χ3v) is 2.65. The quantitative estimate of drug-likeness (QED) is 0.615. The normalized spacial score (nSPS) is 29.3. The molecule has 1 saturated carbocycles. The second kappa shape index (κ2) is 3.55. The molecule has 2 atom stereocenters. The van der Waals surface area contributed by atoms with E-state index in [0.29, 0.717) is 0 Å². The van der Waals surface area contributed by atoms with Gasteiger partial charge in [0, 0.05) is 20.6 Å². The molecule has 1 fully saturated rings. The molecule has 0 aliphatic heterocycles. The minimum atomic E-state index is -1.28. The van der Waals surface area contributed by atoms with E-state index in [-0.39, 0.29) is 6.42 Å². The van der Waals surface area contributed by atoms with Crippen LogP contribution in [-0.2, 0) is 19.1 Å². The standard InChI is InChI=1S/C8H12O6/c1-13-8(14-2)3-4(6(9)10)5(8)7(11)12/h4-5H,3H2,1-2H3,(H,9,10)(H,11,12)/t4-,5-/m1/s1. The zero-order valence-electron chi connectivity index (χ0n) is 7.89. The molecule has 1 aliphatic carbocycles. The van der Waals surface area contributed by atoms with E-state index in [1.54, 1.807) is 0 Å². The molecule has 1 aliphatic rings. The lowest BCUT2D eigenvalue weighted by atomic mass is 9.67. The van der Waals surface area contributed by atoms with Crippen molar-refractivity contribution in [1.29, 1.82) is 0 Å². The van der Waals surface area contributed by atoms with Crippen LogP contribution in [0.15, 0.2) is 0 Å². The number of carboxylic acids is 2. The molecule has 0 heterocycles. The van der Waals surface area contributed by atoms with Crippen LogP contribution < -0.4 is 0 Å². The van der Waals surface area contributed by atoms with Gasteiger partial charge in [0.25, 0.3) is 0 Å². The summed E-state index contributed by atoms with van der Waals surface area (Å²) in [7, 11) is 2.61. The highest BCUT2D eigenvalue weighted by atomic mass is 16.7. The summed E-state index contributed by atoms with van der Waals surface area (Å²) >= 11 is 0. The number of hydrogen-bond acceptors (Lipinski definition) is 4. The Hall–Kier alpha value is -1.14. The van der Waals surface area contributed by atoms with E-state index in [0.717, 1.165) is 0 Å². The van der Waals surface area contributed by atoms with Crippen LogP contribution in [0.1, 0.15) is 6.42 Å². The molecule has 0 saturated heterocycles. The molecule has 0 unspecified atom stereocenters. The Morgan fingerprint density at radius 3 is 2.00 bits per heavy atom. The molecule has 14 heavy (non-hydrogen) atoms. The van der Waals surface area contributed by atoms with Gasteiger partial charge >= 0.3 is 11.9 Å². The van der Waals surface area contributed by atoms with Crippen LogP contribution in [-0.4, -0.2) is 42.2 Å². The molecule has 0 bridgehead atoms. The summed E-state index contributed by atoms with van der Waals surface area (Å²) in [4.78, 5) is 21.4. The van der Waals surface area contributed by atoms with E-state index in [4.69, 9.17) is 19.7 Å². The van der Waals surface area contributed by atoms with Crippen LogP contribution in [0.25, 0.3) is 0 Å². The lowest BCUT2D eigenvalue weighted by Gasteiger charge is -2.48. The SMILES string of the molecule is COC1(OC)C[C@@H](C(=O)O)[C@@H]1C(=O)O. The first-order valence-corrected chi connectivity index (χ1v) is 4.04. The number of hydrogen-bond donors (Lipinski definition) is 2. The van der Waals surface area contributed by atoms with Crippen molar-refractivity contribution in [2.75, 3.05) is 14.2 Å². The van der Waals surface area contributed by atoms with Crippen LogP contribution in [0.5, 0.6) is 0 Å². The third kappa shape index (κ3) is 1.36. The average molecular weight is 204 g/mol. The van der Waals surface area contributed by atoms with Gasteiger partial charge < -0.3 is 19.7 Å². The Morgan fingerprint density at radius 1 is 1.21 bits per heavy atom. The summed E-state index contributed by atoms with van der Waals surface area (Å²) in [6.07, 6.45) is 0.0618. The van der Waals surface area contributed by atoms with Gasteiger partial charge in [0.1, 0.15) is 5.92 Å². The Kier molecular flexibility index (Phi) is 2.77. The zero-order chi connectivity index (χ0) is 10.9. The highest BCUT2D eigenvalue weighted by molar-refractivity contribution is 5.83. The van der Waals surface area contributed by atoms with Crippen molar-refractivity contribution in [3.8, 4) is 0 Å². The lowest BCUT2D eigenvalue weighted by molar-refractivity contribution is -0.303. The molecular weight excluding hydrogens is 192 g/mol. The highest BCUT2D eigenvalue weighted by Gasteiger charge is 2.62. The molecule has 1 rings (SSSR count). The number of carbonyl (C=O) groups is 2. The molecule has 0 aromatic carbocycles. The van der Waals surface area contributed by atoms with Crippen molar-refractivity contribution in [1.82, 2.24) is 0 Å². The summed E-state index contributed by atoms with van der Waals surface area (Å²) in [5, 5.41) is 17.5. The van der Waals surface area contributed by atoms with Crippen LogP contribution in [0, 0.1) is 11.8 Å². The predicted octanol–water partition coefficient (Wildman–Crippen LogP) is -0.219. The van der Waals surface area contributed by atoms with Crippen LogP contribution >= 0.6 is 0 Å². The maximum absolute atomic E-state index is 10.8. The molecule has 0 aromatic heterocycles. The van der Waals surface area contributed by atoms with Crippen molar-refractivity contribution in [3.63, 3.8) is 0 Å². The molecule has 2 N–H and O–H groups in total. The molecule has 0 amide bonds. The van der Waals surface area contributed by atoms with E-state index in [1.165, 1.54) is 14.2 Å². The second-order valence-electron chi connectivity index (χ2n) is 3.18. The molecule has 0 radical (unpaired) electrons. The van der Waals surface area contributed by atoms with E-state index in [2.05, 4.69) is 0 Å². The van der Waals surface area contributed by atoms with Crippen molar-refractivity contribution >= 4 is 11.9 Å². The van der Waals surface area contributed by atoms with Gasteiger partial charge in [0.2, 0.25) is 0 Å². The van der Waals surface area contributed by atoms with E-state index in [1.807, 2.05) is 0 Å². The summed E-state index contributed by atoms with van der Waals surface area (Å²) in [5.74, 6) is -5.72. The first-order chi connectivity index (χ1) is 6.48. The van der Waals surface area contributed by atoms with Gasteiger partial charge in [-0.3, -0.25) is 9.59 Å². The smallest absolute Gasteiger partial charge is 0.312 e. The first-order valence-electron chi connectivity index (χ1n) is 4.04. The second-order valence-corrected chi connectivity index (χ2v) is 3.18. The van der Waals surface area contributed by atoms with Gasteiger partial charge in [0.05, 0.1) is 5.92 Å². The topological polar surface area (TPSA) is 93.1 Å². The Labute approximate surface area is 80.4 Å². The largest absolute Gasteiger partial charge is 0.481 e. The number of carboxylic acid groups (broad SMARTS) is 2. The first kappa shape index (κ1) is 10.9. The molecule has 6 nitrogen and oxygen atoms in total. The summed E-state index contributed by atoms with van der Waals surface area (Å²) in [5.41, 5.74) is 0. The monoisotopic (exact) mass is 204 g/mol. The van der Waals surface area contributed by atoms with Crippen LogP contribution in [0.2, 0.25) is 0 Å². The minimum absolute atomic E-state index is 0.0618. The summed E-state index contributed by atoms with van der Waals surface area (Å²) < 4.78 is 9.82. The van der Waals surface area contributed by atoms with E-state index >= 15 is 0 Å². The minimum Gasteiger partial charge on any atom is -0.481 e. The van der Waals surface area contributed by atoms with Gasteiger partial charge in [-0.2, -0.15) is 0 Å². The van der Waals surface area contributed by atoms with Gasteiger partial charge in [-0.25, -0.2) is 0 Å². The number of aliphatic carboxylic acids is 2. The van der Waals surface area contributed by atoms with Crippen molar-refractivity contribution in [2.24, 2.45) is 11.8 Å². The van der Waals surface area contributed by atoms with Gasteiger partial charge in [-0.1, -0.05) is 0 Å². The van der Waals surface area contributed by atoms with E-state index < -0.39 is 29.6 Å². The van der Waals surface area contributed by atoms with Crippen LogP contribution in [0.3, 0.4) is 0 Å². The molecule has 6 heteroatoms. The average Bonchev–Trinajstić information content (AvgIpc) is 2.03. The molecular formula is C8H12O6.